The summed E-state index contributed by atoms with van der Waals surface area (Å²) < 4.78 is 9.81. The third-order valence-electron chi connectivity index (χ3n) is 7.14. The Kier molecular flexibility index (Phi) is 5.07. The number of anilines is 1. The molecule has 0 amide bonds. The van der Waals surface area contributed by atoms with Gasteiger partial charge in [0.25, 0.3) is 0 Å². The van der Waals surface area contributed by atoms with E-state index < -0.39 is 0 Å². The molecule has 3 aromatic heterocycles. The third-order valence-corrected chi connectivity index (χ3v) is 7.14. The Morgan fingerprint density at radius 2 is 1.79 bits per heavy atom. The molecule has 2 saturated heterocycles. The van der Waals surface area contributed by atoms with E-state index in [1.54, 1.807) is 0 Å². The van der Waals surface area contributed by atoms with Gasteiger partial charge in [0.1, 0.15) is 11.6 Å². The van der Waals surface area contributed by atoms with Gasteiger partial charge in [0.2, 0.25) is 5.95 Å². The van der Waals surface area contributed by atoms with Gasteiger partial charge in [-0.25, -0.2) is 9.97 Å². The minimum Gasteiger partial charge on any atom is -0.378 e. The molecule has 2 fully saturated rings. The highest BCUT2D eigenvalue weighted by Crippen LogP contribution is 2.31. The van der Waals surface area contributed by atoms with E-state index in [1.165, 1.54) is 6.42 Å². The minimum atomic E-state index is 0.358. The molecule has 0 radical (unpaired) electrons. The van der Waals surface area contributed by atoms with Crippen LogP contribution in [-0.4, -0.2) is 73.4 Å². The normalized spacial score (nSPS) is 19.0. The van der Waals surface area contributed by atoms with E-state index in [4.69, 9.17) is 24.7 Å². The molecule has 1 aromatic carbocycles. The Morgan fingerprint density at radius 1 is 1.00 bits per heavy atom. The molecule has 9 nitrogen and oxygen atoms in total. The smallest absolute Gasteiger partial charge is 0.239 e. The van der Waals surface area contributed by atoms with Gasteiger partial charge in [0.15, 0.2) is 17.0 Å². The highest BCUT2D eigenvalue weighted by molar-refractivity contribution is 5.86. The molecule has 178 valence electrons. The summed E-state index contributed by atoms with van der Waals surface area (Å²) in [7, 11) is 2.07. The van der Waals surface area contributed by atoms with Crippen LogP contribution in [0, 0.1) is 12.3 Å². The van der Waals surface area contributed by atoms with Crippen LogP contribution in [-0.2, 0) is 18.3 Å². The SMILES string of the molecule is Cc1nc2ccccc2n1-c1nc(N2CCOCC2)c2nc(CN3CCC(C)(C)C3)n(C)c2n1. The van der Waals surface area contributed by atoms with Gasteiger partial charge in [-0.1, -0.05) is 26.0 Å². The molecule has 0 saturated carbocycles. The van der Waals surface area contributed by atoms with Crippen LogP contribution >= 0.6 is 0 Å². The molecule has 2 aliphatic heterocycles. The van der Waals surface area contributed by atoms with Crippen LogP contribution in [0.3, 0.4) is 0 Å². The first kappa shape index (κ1) is 21.5. The Morgan fingerprint density at radius 3 is 2.56 bits per heavy atom. The number of likely N-dealkylation sites (tertiary alicyclic amines) is 1. The summed E-state index contributed by atoms with van der Waals surface area (Å²) in [5.74, 6) is 3.41. The molecule has 4 aromatic rings. The van der Waals surface area contributed by atoms with Crippen molar-refractivity contribution in [1.82, 2.24) is 34.0 Å². The first-order valence-corrected chi connectivity index (χ1v) is 12.1. The second kappa shape index (κ2) is 8.02. The lowest BCUT2D eigenvalue weighted by atomic mass is 9.93. The second-order valence-electron chi connectivity index (χ2n) is 10.3. The zero-order chi connectivity index (χ0) is 23.4. The van der Waals surface area contributed by atoms with Crippen LogP contribution in [0.4, 0.5) is 5.82 Å². The van der Waals surface area contributed by atoms with Gasteiger partial charge in [-0.05, 0) is 37.4 Å². The van der Waals surface area contributed by atoms with Crippen LogP contribution < -0.4 is 4.90 Å². The van der Waals surface area contributed by atoms with Crippen molar-refractivity contribution in [3.63, 3.8) is 0 Å². The van der Waals surface area contributed by atoms with Gasteiger partial charge in [0, 0.05) is 26.7 Å². The lowest BCUT2D eigenvalue weighted by molar-refractivity contribution is 0.122. The summed E-state index contributed by atoms with van der Waals surface area (Å²) in [5.41, 5.74) is 4.03. The maximum Gasteiger partial charge on any atom is 0.239 e. The molecular formula is C25H32N8O. The molecule has 0 atom stereocenters. The van der Waals surface area contributed by atoms with E-state index in [1.807, 2.05) is 29.7 Å². The fourth-order valence-electron chi connectivity index (χ4n) is 5.28. The summed E-state index contributed by atoms with van der Waals surface area (Å²) in [5, 5.41) is 0. The van der Waals surface area contributed by atoms with Crippen molar-refractivity contribution in [1.29, 1.82) is 0 Å². The molecule has 0 unspecified atom stereocenters. The van der Waals surface area contributed by atoms with Crippen LogP contribution in [0.25, 0.3) is 28.1 Å². The van der Waals surface area contributed by atoms with Gasteiger partial charge < -0.3 is 14.2 Å². The molecule has 0 N–H and O–H groups in total. The number of benzene rings is 1. The first-order valence-electron chi connectivity index (χ1n) is 12.1. The van der Waals surface area contributed by atoms with Gasteiger partial charge in [-0.15, -0.1) is 0 Å². The highest BCUT2D eigenvalue weighted by atomic mass is 16.5. The van der Waals surface area contributed by atoms with Crippen molar-refractivity contribution in [3.8, 4) is 5.95 Å². The molecular weight excluding hydrogens is 428 g/mol. The standard InChI is InChI=1S/C25H32N8O/c1-17-26-18-7-5-6-8-19(18)33(17)24-28-22-21(23(29-24)32-11-13-34-14-12-32)27-20(30(22)4)15-31-10-9-25(2,3)16-31/h5-8H,9-16H2,1-4H3. The van der Waals surface area contributed by atoms with Crippen LogP contribution in [0.15, 0.2) is 24.3 Å². The molecule has 0 bridgehead atoms. The van der Waals surface area contributed by atoms with E-state index >= 15 is 0 Å². The zero-order valence-electron chi connectivity index (χ0n) is 20.5. The van der Waals surface area contributed by atoms with Crippen molar-refractivity contribution in [2.45, 2.75) is 33.7 Å². The molecule has 34 heavy (non-hydrogen) atoms. The van der Waals surface area contributed by atoms with Crippen molar-refractivity contribution in [2.75, 3.05) is 44.3 Å². The average molecular weight is 461 g/mol. The van der Waals surface area contributed by atoms with Crippen LogP contribution in [0.5, 0.6) is 0 Å². The summed E-state index contributed by atoms with van der Waals surface area (Å²) in [6, 6.07) is 8.14. The molecule has 0 aliphatic carbocycles. The number of rotatable bonds is 4. The third kappa shape index (κ3) is 3.63. The maximum atomic E-state index is 5.62. The lowest BCUT2D eigenvalue weighted by Gasteiger charge is -2.28. The van der Waals surface area contributed by atoms with E-state index in [0.717, 1.165) is 72.4 Å². The molecule has 5 heterocycles. The number of aryl methyl sites for hydroxylation is 2. The summed E-state index contributed by atoms with van der Waals surface area (Å²) in [4.78, 5) is 24.7. The number of fused-ring (bicyclic) bond motifs is 2. The summed E-state index contributed by atoms with van der Waals surface area (Å²) in [6.45, 7) is 12.7. The number of ether oxygens (including phenoxy) is 1. The van der Waals surface area contributed by atoms with Gasteiger partial charge >= 0.3 is 0 Å². The average Bonchev–Trinajstić information content (AvgIpc) is 3.46. The minimum absolute atomic E-state index is 0.358. The number of aromatic nitrogens is 6. The van der Waals surface area contributed by atoms with Gasteiger partial charge in [-0.2, -0.15) is 9.97 Å². The number of morpholine rings is 1. The van der Waals surface area contributed by atoms with Crippen molar-refractivity contribution >= 4 is 28.0 Å². The van der Waals surface area contributed by atoms with E-state index in [0.29, 0.717) is 24.6 Å². The van der Waals surface area contributed by atoms with E-state index in [-0.39, 0.29) is 0 Å². The molecule has 0 spiro atoms. The lowest BCUT2D eigenvalue weighted by Crippen LogP contribution is -2.37. The number of hydrogen-bond donors (Lipinski definition) is 0. The summed E-state index contributed by atoms with van der Waals surface area (Å²) >= 11 is 0. The molecule has 6 rings (SSSR count). The molecule has 2 aliphatic rings. The fourth-order valence-corrected chi connectivity index (χ4v) is 5.28. The topological polar surface area (TPSA) is 77.1 Å². The largest absolute Gasteiger partial charge is 0.378 e. The van der Waals surface area contributed by atoms with Gasteiger partial charge in [0.05, 0.1) is 30.8 Å². The Hall–Kier alpha value is -3.04. The van der Waals surface area contributed by atoms with Crippen molar-refractivity contribution in [2.24, 2.45) is 12.5 Å². The Bertz CT molecular complexity index is 1360. The van der Waals surface area contributed by atoms with Crippen molar-refractivity contribution < 1.29 is 4.74 Å². The van der Waals surface area contributed by atoms with Crippen molar-refractivity contribution in [3.05, 3.63) is 35.9 Å². The quantitative estimate of drug-likeness (QED) is 0.463. The zero-order valence-corrected chi connectivity index (χ0v) is 20.5. The Labute approximate surface area is 199 Å². The number of para-hydroxylation sites is 2. The monoisotopic (exact) mass is 460 g/mol. The predicted molar refractivity (Wildman–Crippen MR) is 132 cm³/mol. The van der Waals surface area contributed by atoms with Crippen LogP contribution in [0.2, 0.25) is 0 Å². The number of nitrogens with zero attached hydrogens (tertiary/aromatic N) is 8. The van der Waals surface area contributed by atoms with E-state index in [2.05, 4.69) is 41.3 Å². The Balaban J connectivity index is 1.50. The predicted octanol–water partition coefficient (Wildman–Crippen LogP) is 3.08. The maximum absolute atomic E-state index is 5.62. The molecule has 9 heteroatoms. The highest BCUT2D eigenvalue weighted by Gasteiger charge is 2.30. The number of imidazole rings is 2. The second-order valence-corrected chi connectivity index (χ2v) is 10.3. The summed E-state index contributed by atoms with van der Waals surface area (Å²) in [6.07, 6.45) is 1.22. The fraction of sp³-hybridized carbons (Fsp3) is 0.520. The van der Waals surface area contributed by atoms with E-state index in [9.17, 15) is 0 Å². The first-order chi connectivity index (χ1) is 16.4. The van der Waals surface area contributed by atoms with Crippen LogP contribution in [0.1, 0.15) is 31.9 Å². The number of hydrogen-bond acceptors (Lipinski definition) is 7. The van der Waals surface area contributed by atoms with Gasteiger partial charge in [-0.3, -0.25) is 9.47 Å².